The Hall–Kier alpha value is -3.19. The van der Waals surface area contributed by atoms with Gasteiger partial charge >= 0.3 is 6.03 Å². The third-order valence-electron chi connectivity index (χ3n) is 4.94. The van der Waals surface area contributed by atoms with Crippen molar-refractivity contribution >= 4 is 58.5 Å². The summed E-state index contributed by atoms with van der Waals surface area (Å²) in [6.07, 6.45) is 1.58. The first-order valence-electron chi connectivity index (χ1n) is 10.3. The zero-order chi connectivity index (χ0) is 24.2. The summed E-state index contributed by atoms with van der Waals surface area (Å²) in [6.45, 7) is 2.49. The normalized spacial score (nSPS) is 14.5. The molecule has 0 aliphatic carbocycles. The predicted octanol–water partition coefficient (Wildman–Crippen LogP) is 6.72. The van der Waals surface area contributed by atoms with E-state index in [4.69, 9.17) is 44.3 Å². The van der Waals surface area contributed by atoms with E-state index in [1.165, 1.54) is 0 Å². The minimum atomic E-state index is -0.539. The highest BCUT2D eigenvalue weighted by Crippen LogP contribution is 2.32. The molecular weight excluding hydrogens is 499 g/mol. The number of amides is 3. The fourth-order valence-electron chi connectivity index (χ4n) is 3.32. The molecule has 174 valence electrons. The molecule has 0 spiro atoms. The number of hydrogen-bond donors (Lipinski definition) is 1. The van der Waals surface area contributed by atoms with Gasteiger partial charge in [0, 0.05) is 20.6 Å². The van der Waals surface area contributed by atoms with Gasteiger partial charge in [-0.05, 0) is 67.1 Å². The lowest BCUT2D eigenvalue weighted by Crippen LogP contribution is -2.30. The number of carbonyl (C=O) groups excluding carboxylic acids is 2. The quantitative estimate of drug-likeness (QED) is 0.279. The zero-order valence-electron chi connectivity index (χ0n) is 18.0. The van der Waals surface area contributed by atoms with Gasteiger partial charge in [0.2, 0.25) is 0 Å². The molecule has 3 amide bonds. The molecule has 1 N–H and O–H groups in total. The summed E-state index contributed by atoms with van der Waals surface area (Å²) in [6, 6.07) is 16.3. The summed E-state index contributed by atoms with van der Waals surface area (Å²) < 4.78 is 11.6. The summed E-state index contributed by atoms with van der Waals surface area (Å²) in [5, 5.41) is 4.17. The summed E-state index contributed by atoms with van der Waals surface area (Å²) in [5.74, 6) is 0.538. The van der Waals surface area contributed by atoms with Crippen LogP contribution in [0.4, 0.5) is 10.5 Å². The Morgan fingerprint density at radius 2 is 1.62 bits per heavy atom. The van der Waals surface area contributed by atoms with Gasteiger partial charge in [-0.25, -0.2) is 9.69 Å². The summed E-state index contributed by atoms with van der Waals surface area (Å²) in [7, 11) is 0. The number of nitrogens with zero attached hydrogens (tertiary/aromatic N) is 1. The average Bonchev–Trinajstić information content (AvgIpc) is 3.08. The van der Waals surface area contributed by atoms with Gasteiger partial charge in [-0.1, -0.05) is 46.9 Å². The molecule has 3 aromatic carbocycles. The SMILES string of the molecule is CCOc1cc(/C=C2/NC(=O)N(c3ccc(Cl)cc3)C2=O)ccc1OCc1ccc(Cl)cc1Cl. The highest BCUT2D eigenvalue weighted by Gasteiger charge is 2.34. The van der Waals surface area contributed by atoms with Crippen molar-refractivity contribution in [3.05, 3.63) is 92.6 Å². The van der Waals surface area contributed by atoms with Crippen molar-refractivity contribution in [1.29, 1.82) is 0 Å². The van der Waals surface area contributed by atoms with Crippen molar-refractivity contribution in [3.63, 3.8) is 0 Å². The van der Waals surface area contributed by atoms with Crippen LogP contribution in [-0.4, -0.2) is 18.5 Å². The minimum Gasteiger partial charge on any atom is -0.490 e. The molecule has 34 heavy (non-hydrogen) atoms. The number of hydrogen-bond acceptors (Lipinski definition) is 4. The van der Waals surface area contributed by atoms with E-state index in [0.29, 0.717) is 44.4 Å². The lowest BCUT2D eigenvalue weighted by molar-refractivity contribution is -0.113. The first kappa shape index (κ1) is 24.0. The van der Waals surface area contributed by atoms with Crippen molar-refractivity contribution < 1.29 is 19.1 Å². The molecule has 1 aliphatic rings. The highest BCUT2D eigenvalue weighted by atomic mass is 35.5. The highest BCUT2D eigenvalue weighted by molar-refractivity contribution is 6.35. The van der Waals surface area contributed by atoms with E-state index in [9.17, 15) is 9.59 Å². The van der Waals surface area contributed by atoms with E-state index in [-0.39, 0.29) is 12.3 Å². The third-order valence-corrected chi connectivity index (χ3v) is 5.78. The number of carbonyl (C=O) groups is 2. The molecule has 0 saturated carbocycles. The van der Waals surface area contributed by atoms with Crippen LogP contribution >= 0.6 is 34.8 Å². The lowest BCUT2D eigenvalue weighted by Gasteiger charge is -2.13. The molecule has 3 aromatic rings. The minimum absolute atomic E-state index is 0.143. The smallest absolute Gasteiger partial charge is 0.333 e. The summed E-state index contributed by atoms with van der Waals surface area (Å²) >= 11 is 18.1. The Morgan fingerprint density at radius 1 is 0.882 bits per heavy atom. The summed E-state index contributed by atoms with van der Waals surface area (Å²) in [4.78, 5) is 26.3. The largest absolute Gasteiger partial charge is 0.490 e. The van der Waals surface area contributed by atoms with Crippen molar-refractivity contribution in [2.24, 2.45) is 0 Å². The zero-order valence-corrected chi connectivity index (χ0v) is 20.2. The molecule has 1 saturated heterocycles. The molecule has 6 nitrogen and oxygen atoms in total. The van der Waals surface area contributed by atoms with Crippen LogP contribution in [0.2, 0.25) is 15.1 Å². The number of anilines is 1. The molecular formula is C25H19Cl3N2O4. The van der Waals surface area contributed by atoms with Crippen LogP contribution in [0.15, 0.2) is 66.4 Å². The molecule has 1 aliphatic heterocycles. The number of urea groups is 1. The second-order valence-corrected chi connectivity index (χ2v) is 8.55. The van der Waals surface area contributed by atoms with Crippen LogP contribution < -0.4 is 19.7 Å². The first-order chi connectivity index (χ1) is 16.4. The first-order valence-corrected chi connectivity index (χ1v) is 11.5. The van der Waals surface area contributed by atoms with Crippen LogP contribution in [0.5, 0.6) is 11.5 Å². The van der Waals surface area contributed by atoms with Gasteiger partial charge in [0.25, 0.3) is 5.91 Å². The number of ether oxygens (including phenoxy) is 2. The Morgan fingerprint density at radius 3 is 2.32 bits per heavy atom. The second kappa shape index (κ2) is 10.4. The van der Waals surface area contributed by atoms with E-state index in [1.54, 1.807) is 66.7 Å². The molecule has 1 fully saturated rings. The Labute approximate surface area is 211 Å². The van der Waals surface area contributed by atoms with E-state index >= 15 is 0 Å². The van der Waals surface area contributed by atoms with Crippen LogP contribution in [0.1, 0.15) is 18.1 Å². The Bertz CT molecular complexity index is 1280. The number of rotatable bonds is 7. The predicted molar refractivity (Wildman–Crippen MR) is 134 cm³/mol. The maximum absolute atomic E-state index is 12.9. The topological polar surface area (TPSA) is 67.9 Å². The maximum atomic E-state index is 12.9. The van der Waals surface area contributed by atoms with Crippen molar-refractivity contribution in [3.8, 4) is 11.5 Å². The van der Waals surface area contributed by atoms with E-state index < -0.39 is 11.9 Å². The number of nitrogens with one attached hydrogen (secondary N) is 1. The van der Waals surface area contributed by atoms with Gasteiger partial charge in [-0.15, -0.1) is 0 Å². The van der Waals surface area contributed by atoms with Gasteiger partial charge in [0.05, 0.1) is 12.3 Å². The van der Waals surface area contributed by atoms with E-state index in [1.807, 2.05) is 6.92 Å². The summed E-state index contributed by atoms with van der Waals surface area (Å²) in [5.41, 5.74) is 2.00. The van der Waals surface area contributed by atoms with Crippen LogP contribution in [0, 0.1) is 0 Å². The van der Waals surface area contributed by atoms with Crippen LogP contribution in [0.3, 0.4) is 0 Å². The fraction of sp³-hybridized carbons (Fsp3) is 0.120. The average molecular weight is 518 g/mol. The van der Waals surface area contributed by atoms with Crippen LogP contribution in [0.25, 0.3) is 6.08 Å². The number of halogens is 3. The van der Waals surface area contributed by atoms with Gasteiger partial charge in [0.1, 0.15) is 12.3 Å². The van der Waals surface area contributed by atoms with Gasteiger partial charge in [0.15, 0.2) is 11.5 Å². The monoisotopic (exact) mass is 516 g/mol. The van der Waals surface area contributed by atoms with Crippen molar-refractivity contribution in [1.82, 2.24) is 5.32 Å². The lowest BCUT2D eigenvalue weighted by atomic mass is 10.1. The second-order valence-electron chi connectivity index (χ2n) is 7.27. The Balaban J connectivity index is 1.55. The van der Waals surface area contributed by atoms with Crippen molar-refractivity contribution in [2.45, 2.75) is 13.5 Å². The number of imide groups is 1. The Kier molecular flexibility index (Phi) is 7.32. The molecule has 0 atom stereocenters. The molecule has 4 rings (SSSR count). The van der Waals surface area contributed by atoms with Crippen LogP contribution in [-0.2, 0) is 11.4 Å². The van der Waals surface area contributed by atoms with Gasteiger partial charge in [-0.2, -0.15) is 0 Å². The molecule has 1 heterocycles. The van der Waals surface area contributed by atoms with Gasteiger partial charge < -0.3 is 14.8 Å². The third kappa shape index (κ3) is 5.30. The van der Waals surface area contributed by atoms with E-state index in [2.05, 4.69) is 5.32 Å². The fourth-order valence-corrected chi connectivity index (χ4v) is 3.91. The maximum Gasteiger partial charge on any atom is 0.333 e. The molecule has 0 unspecified atom stereocenters. The molecule has 0 radical (unpaired) electrons. The molecule has 0 aromatic heterocycles. The standard InChI is InChI=1S/C25H19Cl3N2O4/c1-2-33-23-12-15(3-10-22(23)34-14-16-4-5-18(27)13-20(16)28)11-21-24(31)30(25(32)29-21)19-8-6-17(26)7-9-19/h3-13H,2,14H2,1H3,(H,29,32)/b21-11+. The van der Waals surface area contributed by atoms with E-state index in [0.717, 1.165) is 10.5 Å². The molecule has 9 heteroatoms. The number of benzene rings is 3. The molecule has 0 bridgehead atoms. The van der Waals surface area contributed by atoms with Crippen molar-refractivity contribution in [2.75, 3.05) is 11.5 Å². The van der Waals surface area contributed by atoms with Gasteiger partial charge in [-0.3, -0.25) is 4.79 Å².